The number of hydrogen-bond acceptors (Lipinski definition) is 7. The summed E-state index contributed by atoms with van der Waals surface area (Å²) in [5.74, 6) is 1.91. The lowest BCUT2D eigenvalue weighted by Crippen LogP contribution is -2.21. The van der Waals surface area contributed by atoms with Crippen LogP contribution < -0.4 is 5.73 Å². The Kier molecular flexibility index (Phi) is 9.33. The quantitative estimate of drug-likeness (QED) is 0.327. The number of carbonyl (C=O) groups is 1. The van der Waals surface area contributed by atoms with Gasteiger partial charge in [-0.1, -0.05) is 51.9 Å². The number of nitrogens with zero attached hydrogens (tertiary/aromatic N) is 3. The first-order chi connectivity index (χ1) is 13.5. The molecule has 0 aliphatic rings. The number of anilines is 1. The second-order valence-corrected chi connectivity index (χ2v) is 8.69. The highest BCUT2D eigenvalue weighted by Gasteiger charge is 2.14. The summed E-state index contributed by atoms with van der Waals surface area (Å²) in [7, 11) is 3.33. The van der Waals surface area contributed by atoms with Crippen LogP contribution >= 0.6 is 21.6 Å². The van der Waals surface area contributed by atoms with Crippen LogP contribution in [0.1, 0.15) is 30.3 Å². The van der Waals surface area contributed by atoms with Gasteiger partial charge in [-0.2, -0.15) is 0 Å². The highest BCUT2D eigenvalue weighted by Crippen LogP contribution is 2.35. The van der Waals surface area contributed by atoms with Crippen molar-refractivity contribution in [1.29, 1.82) is 0 Å². The molecule has 0 atom stereocenters. The number of aliphatic hydroxyl groups excluding tert-OH is 1. The zero-order valence-electron chi connectivity index (χ0n) is 16.2. The molecule has 6 nitrogen and oxygen atoms in total. The van der Waals surface area contributed by atoms with Gasteiger partial charge in [-0.05, 0) is 25.8 Å². The molecule has 150 valence electrons. The van der Waals surface area contributed by atoms with Crippen LogP contribution in [0.4, 0.5) is 5.82 Å². The van der Waals surface area contributed by atoms with E-state index in [2.05, 4.69) is 22.1 Å². The molecule has 8 heteroatoms. The van der Waals surface area contributed by atoms with E-state index in [9.17, 15) is 9.90 Å². The van der Waals surface area contributed by atoms with Crippen molar-refractivity contribution in [3.05, 3.63) is 64.1 Å². The Labute approximate surface area is 174 Å². The van der Waals surface area contributed by atoms with Crippen LogP contribution in [0.5, 0.6) is 0 Å². The molecule has 1 heterocycles. The van der Waals surface area contributed by atoms with Crippen LogP contribution in [-0.2, 0) is 17.8 Å². The molecule has 0 radical (unpaired) electrons. The van der Waals surface area contributed by atoms with Crippen LogP contribution in [-0.4, -0.2) is 38.7 Å². The van der Waals surface area contributed by atoms with E-state index in [1.165, 1.54) is 5.56 Å². The molecule has 1 aromatic heterocycles. The summed E-state index contributed by atoms with van der Waals surface area (Å²) >= 11 is 0. The molecule has 0 aliphatic carbocycles. The number of aliphatic hydroxyl groups is 1. The van der Waals surface area contributed by atoms with Gasteiger partial charge in [0.15, 0.2) is 0 Å². The number of rotatable bonds is 11. The second kappa shape index (κ2) is 11.7. The molecular weight excluding hydrogens is 392 g/mol. The van der Waals surface area contributed by atoms with E-state index in [1.807, 2.05) is 25.1 Å². The van der Waals surface area contributed by atoms with E-state index in [0.29, 0.717) is 30.2 Å². The van der Waals surface area contributed by atoms with E-state index in [-0.39, 0.29) is 6.61 Å². The SMILES string of the molecule is CC(=C(CCO)SSCCc1ccccc1)N(C=O)Cc1cnc(C)nc1N. The van der Waals surface area contributed by atoms with Crippen LogP contribution in [0.3, 0.4) is 0 Å². The molecule has 2 rings (SSSR count). The molecule has 28 heavy (non-hydrogen) atoms. The number of benzene rings is 1. The summed E-state index contributed by atoms with van der Waals surface area (Å²) in [4.78, 5) is 22.5. The average molecular weight is 419 g/mol. The molecule has 1 aromatic carbocycles. The maximum absolute atomic E-state index is 11.7. The van der Waals surface area contributed by atoms with Crippen LogP contribution in [0.15, 0.2) is 47.1 Å². The van der Waals surface area contributed by atoms with E-state index in [4.69, 9.17) is 5.73 Å². The fraction of sp³-hybridized carbons (Fsp3) is 0.350. The van der Waals surface area contributed by atoms with Crippen molar-refractivity contribution in [3.63, 3.8) is 0 Å². The number of nitrogen functional groups attached to an aromatic ring is 1. The lowest BCUT2D eigenvalue weighted by atomic mass is 10.2. The minimum Gasteiger partial charge on any atom is -0.396 e. The second-order valence-electron chi connectivity index (χ2n) is 6.18. The lowest BCUT2D eigenvalue weighted by molar-refractivity contribution is -0.116. The van der Waals surface area contributed by atoms with Crippen molar-refractivity contribution in [1.82, 2.24) is 14.9 Å². The lowest BCUT2D eigenvalue weighted by Gasteiger charge is -2.22. The van der Waals surface area contributed by atoms with Crippen molar-refractivity contribution in [2.45, 2.75) is 33.2 Å². The highest BCUT2D eigenvalue weighted by molar-refractivity contribution is 8.78. The molecule has 0 aliphatic heterocycles. The first kappa shape index (κ1) is 22.3. The minimum absolute atomic E-state index is 0.0292. The number of aryl methyl sites for hydroxylation is 2. The van der Waals surface area contributed by atoms with Gasteiger partial charge in [0.1, 0.15) is 11.6 Å². The Morgan fingerprint density at radius 3 is 2.71 bits per heavy atom. The van der Waals surface area contributed by atoms with Gasteiger partial charge in [0.05, 0.1) is 6.54 Å². The molecular formula is C20H26N4O2S2. The van der Waals surface area contributed by atoms with Gasteiger partial charge in [0.25, 0.3) is 0 Å². The average Bonchev–Trinajstić information content (AvgIpc) is 2.70. The maximum Gasteiger partial charge on any atom is 0.214 e. The van der Waals surface area contributed by atoms with Crippen molar-refractivity contribution in [3.8, 4) is 0 Å². The summed E-state index contributed by atoms with van der Waals surface area (Å²) in [6, 6.07) is 10.3. The first-order valence-electron chi connectivity index (χ1n) is 8.99. The molecule has 2 aromatic rings. The molecule has 0 fully saturated rings. The van der Waals surface area contributed by atoms with Crippen molar-refractivity contribution >= 4 is 33.8 Å². The normalized spacial score (nSPS) is 11.8. The van der Waals surface area contributed by atoms with Gasteiger partial charge in [-0.15, -0.1) is 0 Å². The summed E-state index contributed by atoms with van der Waals surface area (Å²) in [5, 5.41) is 9.44. The van der Waals surface area contributed by atoms with Crippen LogP contribution in [0.25, 0.3) is 0 Å². The fourth-order valence-electron chi connectivity index (χ4n) is 2.51. The van der Waals surface area contributed by atoms with Gasteiger partial charge in [0.2, 0.25) is 6.41 Å². The zero-order valence-corrected chi connectivity index (χ0v) is 17.8. The first-order valence-corrected chi connectivity index (χ1v) is 11.3. The van der Waals surface area contributed by atoms with Gasteiger partial charge in [-0.25, -0.2) is 9.97 Å². The monoisotopic (exact) mass is 418 g/mol. The van der Waals surface area contributed by atoms with Gasteiger partial charge < -0.3 is 15.7 Å². The smallest absolute Gasteiger partial charge is 0.214 e. The summed E-state index contributed by atoms with van der Waals surface area (Å²) in [6.07, 6.45) is 3.90. The molecule has 0 bridgehead atoms. The molecule has 0 saturated carbocycles. The third-order valence-electron chi connectivity index (χ3n) is 4.14. The molecule has 0 saturated heterocycles. The van der Waals surface area contributed by atoms with Crippen molar-refractivity contribution < 1.29 is 9.90 Å². The Morgan fingerprint density at radius 2 is 2.07 bits per heavy atom. The Balaban J connectivity index is 2.02. The third-order valence-corrected chi connectivity index (χ3v) is 6.78. The van der Waals surface area contributed by atoms with E-state index in [1.54, 1.807) is 39.6 Å². The summed E-state index contributed by atoms with van der Waals surface area (Å²) < 4.78 is 0. The van der Waals surface area contributed by atoms with Gasteiger partial charge in [-0.3, -0.25) is 4.79 Å². The number of hydrogen-bond donors (Lipinski definition) is 2. The Hall–Kier alpha value is -2.03. The standard InChI is InChI=1S/C20H26N4O2S2/c1-15(24(14-26)13-18-12-22-16(2)23-20(18)21)19(8-10-25)28-27-11-9-17-6-4-3-5-7-17/h3-7,12,14,25H,8-11,13H2,1-2H3,(H2,21,22,23). The zero-order chi connectivity index (χ0) is 20.4. The number of amides is 1. The number of carbonyl (C=O) groups excluding carboxylic acids is 1. The fourth-order valence-corrected chi connectivity index (χ4v) is 5.01. The highest BCUT2D eigenvalue weighted by atomic mass is 33.1. The van der Waals surface area contributed by atoms with Crippen molar-refractivity contribution in [2.75, 3.05) is 18.1 Å². The van der Waals surface area contributed by atoms with E-state index < -0.39 is 0 Å². The molecule has 3 N–H and O–H groups in total. The minimum atomic E-state index is 0.0292. The van der Waals surface area contributed by atoms with Gasteiger partial charge >= 0.3 is 0 Å². The third kappa shape index (κ3) is 6.85. The molecule has 0 unspecified atom stereocenters. The van der Waals surface area contributed by atoms with Crippen molar-refractivity contribution in [2.24, 2.45) is 0 Å². The van der Waals surface area contributed by atoms with E-state index >= 15 is 0 Å². The van der Waals surface area contributed by atoms with Crippen LogP contribution in [0, 0.1) is 6.92 Å². The Morgan fingerprint density at radius 1 is 1.32 bits per heavy atom. The maximum atomic E-state index is 11.7. The predicted octanol–water partition coefficient (Wildman–Crippen LogP) is 3.56. The topological polar surface area (TPSA) is 92.3 Å². The van der Waals surface area contributed by atoms with E-state index in [0.717, 1.165) is 29.2 Å². The number of allylic oxidation sites excluding steroid dienone is 1. The summed E-state index contributed by atoms with van der Waals surface area (Å²) in [5.41, 5.74) is 8.75. The van der Waals surface area contributed by atoms with Crippen LogP contribution in [0.2, 0.25) is 0 Å². The number of aromatic nitrogens is 2. The Bertz CT molecular complexity index is 800. The number of nitrogens with two attached hydrogens (primary N) is 1. The van der Waals surface area contributed by atoms with Gasteiger partial charge in [0, 0.05) is 41.1 Å². The summed E-state index contributed by atoms with van der Waals surface area (Å²) in [6.45, 7) is 3.98. The molecule has 1 amide bonds. The largest absolute Gasteiger partial charge is 0.396 e. The predicted molar refractivity (Wildman–Crippen MR) is 117 cm³/mol. The molecule has 0 spiro atoms.